The van der Waals surface area contributed by atoms with Crippen LogP contribution >= 0.6 is 0 Å². The van der Waals surface area contributed by atoms with Gasteiger partial charge in [-0.1, -0.05) is 18.2 Å². The number of guanidine groups is 1. The highest BCUT2D eigenvalue weighted by molar-refractivity contribution is 5.92. The number of aliphatic imine (C=N–C) groups is 1. The van der Waals surface area contributed by atoms with E-state index in [1.54, 1.807) is 0 Å². The number of para-hydroxylation sites is 1. The number of benzene rings is 1. The van der Waals surface area contributed by atoms with Gasteiger partial charge < -0.3 is 11.1 Å². The zero-order valence-corrected chi connectivity index (χ0v) is 8.11. The third kappa shape index (κ3) is 2.76. The fourth-order valence-corrected chi connectivity index (χ4v) is 1.24. The van der Waals surface area contributed by atoms with Crippen molar-refractivity contribution in [3.05, 3.63) is 30.3 Å². The summed E-state index contributed by atoms with van der Waals surface area (Å²) in [7, 11) is 0. The lowest BCUT2D eigenvalue weighted by Crippen LogP contribution is -2.22. The van der Waals surface area contributed by atoms with E-state index in [2.05, 4.69) is 10.3 Å². The number of nitrogens with two attached hydrogens (primary N) is 1. The first kappa shape index (κ1) is 9.06. The molecule has 1 saturated carbocycles. The molecular formula is C11H15N3. The number of hydrogen-bond donors (Lipinski definition) is 2. The molecule has 3 heteroatoms. The van der Waals surface area contributed by atoms with Gasteiger partial charge in [-0.25, -0.2) is 0 Å². The molecule has 0 unspecified atom stereocenters. The Morgan fingerprint density at radius 2 is 2.07 bits per heavy atom. The minimum atomic E-state index is 0.517. The van der Waals surface area contributed by atoms with Crippen LogP contribution in [0.2, 0.25) is 0 Å². The van der Waals surface area contributed by atoms with Crippen LogP contribution in [0.15, 0.2) is 35.3 Å². The quantitative estimate of drug-likeness (QED) is 0.563. The standard InChI is InChI=1S/C11H15N3/c12-11(13-8-9-6-7-9)14-10-4-2-1-3-5-10/h1-5,9H,6-8H2,(H3,12,13,14). The molecule has 1 aromatic rings. The van der Waals surface area contributed by atoms with Crippen molar-refractivity contribution < 1.29 is 0 Å². The molecule has 74 valence electrons. The largest absolute Gasteiger partial charge is 0.370 e. The smallest absolute Gasteiger partial charge is 0.193 e. The van der Waals surface area contributed by atoms with E-state index >= 15 is 0 Å². The SMILES string of the molecule is NC(=NCC1CC1)Nc1ccccc1. The Balaban J connectivity index is 1.86. The molecule has 0 amide bonds. The molecule has 2 rings (SSSR count). The molecule has 0 saturated heterocycles. The number of hydrogen-bond acceptors (Lipinski definition) is 1. The second-order valence-corrected chi connectivity index (χ2v) is 3.66. The van der Waals surface area contributed by atoms with Crippen LogP contribution in [0, 0.1) is 5.92 Å². The fraction of sp³-hybridized carbons (Fsp3) is 0.364. The van der Waals surface area contributed by atoms with Crippen LogP contribution in [0.1, 0.15) is 12.8 Å². The summed E-state index contributed by atoms with van der Waals surface area (Å²) in [5, 5.41) is 3.05. The van der Waals surface area contributed by atoms with Gasteiger partial charge in [0.05, 0.1) is 0 Å². The van der Waals surface area contributed by atoms with E-state index in [-0.39, 0.29) is 0 Å². The first-order valence-electron chi connectivity index (χ1n) is 4.96. The zero-order valence-electron chi connectivity index (χ0n) is 8.11. The van der Waals surface area contributed by atoms with Gasteiger partial charge in [0.1, 0.15) is 0 Å². The minimum Gasteiger partial charge on any atom is -0.370 e. The summed E-state index contributed by atoms with van der Waals surface area (Å²) < 4.78 is 0. The number of anilines is 1. The summed E-state index contributed by atoms with van der Waals surface area (Å²) in [6, 6.07) is 9.86. The molecule has 1 aromatic carbocycles. The van der Waals surface area contributed by atoms with Crippen LogP contribution in [0.25, 0.3) is 0 Å². The van der Waals surface area contributed by atoms with Crippen LogP contribution in [0.5, 0.6) is 0 Å². The molecule has 3 nitrogen and oxygen atoms in total. The molecule has 1 aliphatic rings. The van der Waals surface area contributed by atoms with Gasteiger partial charge >= 0.3 is 0 Å². The Hall–Kier alpha value is -1.51. The molecule has 14 heavy (non-hydrogen) atoms. The predicted octanol–water partition coefficient (Wildman–Crippen LogP) is 1.82. The summed E-state index contributed by atoms with van der Waals surface area (Å²) in [6.45, 7) is 0.867. The van der Waals surface area contributed by atoms with Gasteiger partial charge in [0.2, 0.25) is 0 Å². The average molecular weight is 189 g/mol. The molecule has 1 fully saturated rings. The summed E-state index contributed by atoms with van der Waals surface area (Å²) in [5.74, 6) is 1.30. The van der Waals surface area contributed by atoms with Crippen molar-refractivity contribution >= 4 is 11.6 Å². The summed E-state index contributed by atoms with van der Waals surface area (Å²) in [6.07, 6.45) is 2.62. The Kier molecular flexibility index (Phi) is 2.68. The highest BCUT2D eigenvalue weighted by atomic mass is 15.1. The van der Waals surface area contributed by atoms with Gasteiger partial charge in [0, 0.05) is 12.2 Å². The van der Waals surface area contributed by atoms with E-state index in [1.807, 2.05) is 30.3 Å². The van der Waals surface area contributed by atoms with Crippen LogP contribution in [-0.4, -0.2) is 12.5 Å². The van der Waals surface area contributed by atoms with Gasteiger partial charge in [-0.05, 0) is 30.9 Å². The van der Waals surface area contributed by atoms with Crippen LogP contribution in [0.3, 0.4) is 0 Å². The van der Waals surface area contributed by atoms with Gasteiger partial charge in [-0.15, -0.1) is 0 Å². The van der Waals surface area contributed by atoms with Crippen LogP contribution < -0.4 is 11.1 Å². The van der Waals surface area contributed by atoms with Crippen molar-refractivity contribution in [2.24, 2.45) is 16.6 Å². The first-order valence-corrected chi connectivity index (χ1v) is 4.96. The lowest BCUT2D eigenvalue weighted by molar-refractivity contribution is 0.846. The van der Waals surface area contributed by atoms with E-state index < -0.39 is 0 Å². The van der Waals surface area contributed by atoms with E-state index in [1.165, 1.54) is 12.8 Å². The molecule has 0 bridgehead atoms. The van der Waals surface area contributed by atoms with E-state index in [0.717, 1.165) is 18.2 Å². The minimum absolute atomic E-state index is 0.517. The second-order valence-electron chi connectivity index (χ2n) is 3.66. The van der Waals surface area contributed by atoms with Crippen LogP contribution in [0.4, 0.5) is 5.69 Å². The van der Waals surface area contributed by atoms with Crippen LogP contribution in [-0.2, 0) is 0 Å². The summed E-state index contributed by atoms with van der Waals surface area (Å²) in [5.41, 5.74) is 6.71. The zero-order chi connectivity index (χ0) is 9.80. The van der Waals surface area contributed by atoms with E-state index in [4.69, 9.17) is 5.73 Å². The van der Waals surface area contributed by atoms with E-state index in [0.29, 0.717) is 5.96 Å². The highest BCUT2D eigenvalue weighted by Crippen LogP contribution is 2.28. The fourth-order valence-electron chi connectivity index (χ4n) is 1.24. The molecule has 0 atom stereocenters. The van der Waals surface area contributed by atoms with Gasteiger partial charge in [-0.2, -0.15) is 0 Å². The van der Waals surface area contributed by atoms with Crippen molar-refractivity contribution in [1.29, 1.82) is 0 Å². The molecule has 0 radical (unpaired) electrons. The van der Waals surface area contributed by atoms with Crippen molar-refractivity contribution in [3.8, 4) is 0 Å². The van der Waals surface area contributed by atoms with Crippen molar-refractivity contribution in [1.82, 2.24) is 0 Å². The predicted molar refractivity (Wildman–Crippen MR) is 59.3 cm³/mol. The highest BCUT2D eigenvalue weighted by Gasteiger charge is 2.20. The topological polar surface area (TPSA) is 50.4 Å². The maximum absolute atomic E-state index is 5.72. The van der Waals surface area contributed by atoms with Gasteiger partial charge in [0.25, 0.3) is 0 Å². The van der Waals surface area contributed by atoms with Crippen molar-refractivity contribution in [2.45, 2.75) is 12.8 Å². The normalized spacial score (nSPS) is 16.7. The lowest BCUT2D eigenvalue weighted by Gasteiger charge is -2.04. The summed E-state index contributed by atoms with van der Waals surface area (Å²) in [4.78, 5) is 4.26. The molecule has 1 aliphatic carbocycles. The van der Waals surface area contributed by atoms with Crippen molar-refractivity contribution in [3.63, 3.8) is 0 Å². The molecule has 0 aliphatic heterocycles. The Labute approximate surface area is 84.0 Å². The maximum atomic E-state index is 5.72. The third-order valence-corrected chi connectivity index (χ3v) is 2.26. The maximum Gasteiger partial charge on any atom is 0.193 e. The molecular weight excluding hydrogens is 174 g/mol. The first-order chi connectivity index (χ1) is 6.84. The number of nitrogens with zero attached hydrogens (tertiary/aromatic N) is 1. The molecule has 3 N–H and O–H groups in total. The Morgan fingerprint density at radius 3 is 2.71 bits per heavy atom. The molecule has 0 aromatic heterocycles. The van der Waals surface area contributed by atoms with Gasteiger partial charge in [-0.3, -0.25) is 4.99 Å². The summed E-state index contributed by atoms with van der Waals surface area (Å²) >= 11 is 0. The Morgan fingerprint density at radius 1 is 1.36 bits per heavy atom. The Bertz CT molecular complexity index is 315. The van der Waals surface area contributed by atoms with Gasteiger partial charge in [0.15, 0.2) is 5.96 Å². The third-order valence-electron chi connectivity index (χ3n) is 2.26. The molecule has 0 heterocycles. The monoisotopic (exact) mass is 189 g/mol. The number of rotatable bonds is 3. The second kappa shape index (κ2) is 4.13. The average Bonchev–Trinajstić information content (AvgIpc) is 3.00. The molecule has 0 spiro atoms. The van der Waals surface area contributed by atoms with E-state index in [9.17, 15) is 0 Å². The number of nitrogens with one attached hydrogen (secondary N) is 1. The van der Waals surface area contributed by atoms with Crippen molar-refractivity contribution in [2.75, 3.05) is 11.9 Å². The lowest BCUT2D eigenvalue weighted by atomic mass is 10.3.